The molecule has 0 aliphatic heterocycles. The van der Waals surface area contributed by atoms with Crippen LogP contribution in [-0.4, -0.2) is 23.1 Å². The van der Waals surface area contributed by atoms with Crippen LogP contribution in [0.15, 0.2) is 66.7 Å². The van der Waals surface area contributed by atoms with Gasteiger partial charge in [-0.15, -0.1) is 0 Å². The van der Waals surface area contributed by atoms with Gasteiger partial charge in [0.25, 0.3) is 5.69 Å². The number of nitro benzene ring substituents is 1. The fourth-order valence-corrected chi connectivity index (χ4v) is 3.06. The Hall–Kier alpha value is -3.54. The van der Waals surface area contributed by atoms with Gasteiger partial charge in [0.2, 0.25) is 0 Å². The van der Waals surface area contributed by atoms with E-state index in [1.807, 2.05) is 36.4 Å². The van der Waals surface area contributed by atoms with E-state index in [0.717, 1.165) is 22.2 Å². The van der Waals surface area contributed by atoms with Crippen LogP contribution in [0.5, 0.6) is 5.75 Å². The topological polar surface area (TPSA) is 80.2 Å². The standard InChI is InChI=1S/C20H17N3O3/c24-23(25)20-8-4-3-7-18(20)21-11-12-26-14-9-10-16-15-5-1-2-6-17(15)22-19(16)13-14/h1-10,13,21-22H,11-12H2. The van der Waals surface area contributed by atoms with E-state index in [4.69, 9.17) is 4.74 Å². The van der Waals surface area contributed by atoms with Crippen molar-refractivity contribution in [2.75, 3.05) is 18.5 Å². The van der Waals surface area contributed by atoms with Gasteiger partial charge >= 0.3 is 0 Å². The van der Waals surface area contributed by atoms with Crippen LogP contribution in [-0.2, 0) is 0 Å². The average molecular weight is 347 g/mol. The van der Waals surface area contributed by atoms with Crippen LogP contribution < -0.4 is 10.1 Å². The van der Waals surface area contributed by atoms with Crippen molar-refractivity contribution in [1.29, 1.82) is 0 Å². The number of fused-ring (bicyclic) bond motifs is 3. The second-order valence-corrected chi connectivity index (χ2v) is 5.93. The first-order chi connectivity index (χ1) is 12.7. The van der Waals surface area contributed by atoms with E-state index in [1.54, 1.807) is 18.2 Å². The van der Waals surface area contributed by atoms with Gasteiger partial charge in [-0.05, 0) is 24.3 Å². The van der Waals surface area contributed by atoms with Crippen molar-refractivity contribution < 1.29 is 9.66 Å². The number of rotatable bonds is 6. The Morgan fingerprint density at radius 1 is 0.962 bits per heavy atom. The summed E-state index contributed by atoms with van der Waals surface area (Å²) in [4.78, 5) is 14.0. The SMILES string of the molecule is O=[N+]([O-])c1ccccc1NCCOc1ccc2c(c1)[nH]c1ccccc12. The van der Waals surface area contributed by atoms with E-state index >= 15 is 0 Å². The highest BCUT2D eigenvalue weighted by atomic mass is 16.6. The zero-order valence-electron chi connectivity index (χ0n) is 13.9. The second-order valence-electron chi connectivity index (χ2n) is 5.93. The van der Waals surface area contributed by atoms with Crippen molar-refractivity contribution in [3.05, 3.63) is 76.8 Å². The molecule has 0 amide bonds. The van der Waals surface area contributed by atoms with Crippen molar-refractivity contribution in [2.24, 2.45) is 0 Å². The minimum absolute atomic E-state index is 0.0620. The number of hydrogen-bond donors (Lipinski definition) is 2. The summed E-state index contributed by atoms with van der Waals surface area (Å²) in [6, 6.07) is 20.7. The first-order valence-corrected chi connectivity index (χ1v) is 8.33. The molecule has 130 valence electrons. The summed E-state index contributed by atoms with van der Waals surface area (Å²) in [5.74, 6) is 0.758. The van der Waals surface area contributed by atoms with Crippen LogP contribution in [0.1, 0.15) is 0 Å². The molecule has 0 saturated carbocycles. The molecule has 0 unspecified atom stereocenters. The lowest BCUT2D eigenvalue weighted by Gasteiger charge is -2.09. The number of nitrogens with zero attached hydrogens (tertiary/aromatic N) is 1. The molecular formula is C20H17N3O3. The van der Waals surface area contributed by atoms with Gasteiger partial charge in [-0.25, -0.2) is 0 Å². The minimum Gasteiger partial charge on any atom is -0.492 e. The maximum absolute atomic E-state index is 11.0. The van der Waals surface area contributed by atoms with E-state index < -0.39 is 4.92 Å². The van der Waals surface area contributed by atoms with Gasteiger partial charge in [-0.1, -0.05) is 30.3 Å². The Morgan fingerprint density at radius 3 is 2.62 bits per heavy atom. The third-order valence-electron chi connectivity index (χ3n) is 4.26. The third kappa shape index (κ3) is 3.04. The molecule has 4 rings (SSSR count). The molecule has 0 bridgehead atoms. The summed E-state index contributed by atoms with van der Waals surface area (Å²) < 4.78 is 5.78. The van der Waals surface area contributed by atoms with Gasteiger partial charge < -0.3 is 15.0 Å². The van der Waals surface area contributed by atoms with Crippen molar-refractivity contribution in [2.45, 2.75) is 0 Å². The highest BCUT2D eigenvalue weighted by Crippen LogP contribution is 2.28. The normalized spacial score (nSPS) is 10.9. The second kappa shape index (κ2) is 6.76. The number of nitro groups is 1. The van der Waals surface area contributed by atoms with E-state index in [2.05, 4.69) is 16.4 Å². The fourth-order valence-electron chi connectivity index (χ4n) is 3.06. The Morgan fingerprint density at radius 2 is 1.73 bits per heavy atom. The fraction of sp³-hybridized carbons (Fsp3) is 0.100. The van der Waals surface area contributed by atoms with Crippen molar-refractivity contribution >= 4 is 33.2 Å². The molecule has 1 heterocycles. The Bertz CT molecular complexity index is 1090. The summed E-state index contributed by atoms with van der Waals surface area (Å²) in [5, 5.41) is 16.4. The van der Waals surface area contributed by atoms with E-state index in [-0.39, 0.29) is 5.69 Å². The molecule has 26 heavy (non-hydrogen) atoms. The van der Waals surface area contributed by atoms with Crippen LogP contribution >= 0.6 is 0 Å². The molecule has 0 fully saturated rings. The number of hydrogen-bond acceptors (Lipinski definition) is 4. The Labute approximate surface area is 149 Å². The molecule has 4 aromatic rings. The molecule has 0 saturated heterocycles. The number of H-pyrrole nitrogens is 1. The van der Waals surface area contributed by atoms with E-state index in [1.165, 1.54) is 11.5 Å². The lowest BCUT2D eigenvalue weighted by atomic mass is 10.1. The maximum atomic E-state index is 11.0. The van der Waals surface area contributed by atoms with Gasteiger partial charge in [-0.2, -0.15) is 0 Å². The van der Waals surface area contributed by atoms with Crippen molar-refractivity contribution in [3.63, 3.8) is 0 Å². The molecule has 3 aromatic carbocycles. The van der Waals surface area contributed by atoms with Gasteiger partial charge in [0.05, 0.1) is 10.4 Å². The zero-order valence-corrected chi connectivity index (χ0v) is 13.9. The number of nitrogens with one attached hydrogen (secondary N) is 2. The van der Waals surface area contributed by atoms with Crippen LogP contribution in [0.2, 0.25) is 0 Å². The molecule has 0 spiro atoms. The van der Waals surface area contributed by atoms with Gasteiger partial charge in [0.1, 0.15) is 18.0 Å². The number of para-hydroxylation sites is 3. The Balaban J connectivity index is 1.42. The first kappa shape index (κ1) is 16.0. The van der Waals surface area contributed by atoms with Crippen molar-refractivity contribution in [1.82, 2.24) is 4.98 Å². The van der Waals surface area contributed by atoms with Crippen LogP contribution in [0.25, 0.3) is 21.8 Å². The lowest BCUT2D eigenvalue weighted by Crippen LogP contribution is -2.12. The van der Waals surface area contributed by atoms with Crippen molar-refractivity contribution in [3.8, 4) is 5.75 Å². The molecule has 1 aromatic heterocycles. The molecule has 0 aliphatic carbocycles. The summed E-state index contributed by atoms with van der Waals surface area (Å²) in [6.45, 7) is 0.868. The molecule has 0 atom stereocenters. The number of benzene rings is 3. The number of ether oxygens (including phenoxy) is 1. The van der Waals surface area contributed by atoms with Gasteiger partial charge in [0, 0.05) is 35.0 Å². The summed E-state index contributed by atoms with van der Waals surface area (Å²) in [5.41, 5.74) is 2.67. The largest absolute Gasteiger partial charge is 0.492 e. The number of aromatic amines is 1. The predicted molar refractivity (Wildman–Crippen MR) is 103 cm³/mol. The molecular weight excluding hydrogens is 330 g/mol. The van der Waals surface area contributed by atoms with E-state index in [0.29, 0.717) is 18.8 Å². The zero-order chi connectivity index (χ0) is 17.9. The van der Waals surface area contributed by atoms with E-state index in [9.17, 15) is 10.1 Å². The molecule has 2 N–H and O–H groups in total. The summed E-state index contributed by atoms with van der Waals surface area (Å²) in [6.07, 6.45) is 0. The highest BCUT2D eigenvalue weighted by Gasteiger charge is 2.11. The average Bonchev–Trinajstić information content (AvgIpc) is 3.03. The molecule has 0 radical (unpaired) electrons. The number of aromatic nitrogens is 1. The smallest absolute Gasteiger partial charge is 0.292 e. The first-order valence-electron chi connectivity index (χ1n) is 8.33. The van der Waals surface area contributed by atoms with Crippen LogP contribution in [0.4, 0.5) is 11.4 Å². The maximum Gasteiger partial charge on any atom is 0.292 e. The van der Waals surface area contributed by atoms with Gasteiger partial charge in [-0.3, -0.25) is 10.1 Å². The highest BCUT2D eigenvalue weighted by molar-refractivity contribution is 6.07. The quantitative estimate of drug-likeness (QED) is 0.300. The predicted octanol–water partition coefficient (Wildman–Crippen LogP) is 4.72. The van der Waals surface area contributed by atoms with Crippen LogP contribution in [0.3, 0.4) is 0 Å². The van der Waals surface area contributed by atoms with Gasteiger partial charge in [0.15, 0.2) is 0 Å². The summed E-state index contributed by atoms with van der Waals surface area (Å²) in [7, 11) is 0. The Kier molecular flexibility index (Phi) is 4.15. The van der Waals surface area contributed by atoms with Crippen LogP contribution in [0, 0.1) is 10.1 Å². The number of anilines is 1. The monoisotopic (exact) mass is 347 g/mol. The summed E-state index contributed by atoms with van der Waals surface area (Å²) >= 11 is 0. The molecule has 6 nitrogen and oxygen atoms in total. The molecule has 0 aliphatic rings. The molecule has 6 heteroatoms. The lowest BCUT2D eigenvalue weighted by molar-refractivity contribution is -0.384. The minimum atomic E-state index is -0.396. The third-order valence-corrected chi connectivity index (χ3v) is 4.26.